The van der Waals surface area contributed by atoms with Gasteiger partial charge in [-0.15, -0.1) is 0 Å². The largest absolute Gasteiger partial charge is 0.324 e. The number of rotatable bonds is 1. The van der Waals surface area contributed by atoms with E-state index in [9.17, 15) is 8.42 Å². The first-order valence-corrected chi connectivity index (χ1v) is 7.62. The van der Waals surface area contributed by atoms with Gasteiger partial charge in [0.05, 0.1) is 11.4 Å². The van der Waals surface area contributed by atoms with E-state index in [1.165, 1.54) is 0 Å². The highest BCUT2D eigenvalue weighted by atomic mass is 32.2. The summed E-state index contributed by atoms with van der Waals surface area (Å²) >= 11 is 0. The summed E-state index contributed by atoms with van der Waals surface area (Å²) < 4.78 is 28.6. The van der Waals surface area contributed by atoms with Gasteiger partial charge >= 0.3 is 10.2 Å². The minimum Gasteiger partial charge on any atom is -0.306 e. The predicted molar refractivity (Wildman–Crippen MR) is 72.0 cm³/mol. The van der Waals surface area contributed by atoms with Crippen LogP contribution in [0.1, 0.15) is 12.8 Å². The highest BCUT2D eigenvalue weighted by Crippen LogP contribution is 2.38. The fraction of sp³-hybridized carbons (Fsp3) is 0.500. The Hall–Kier alpha value is -1.27. The Morgan fingerprint density at radius 1 is 1.22 bits per heavy atom. The molecule has 0 aliphatic carbocycles. The fourth-order valence-corrected chi connectivity index (χ4v) is 4.26. The Balaban J connectivity index is 1.95. The molecule has 1 aromatic rings. The SMILES string of the molecule is CN1CCC(N2c3ccccc3NS2(=O)=O)CC1. The molecule has 2 aliphatic rings. The van der Waals surface area contributed by atoms with Crippen molar-refractivity contribution in [2.45, 2.75) is 18.9 Å². The Morgan fingerprint density at radius 2 is 1.89 bits per heavy atom. The summed E-state index contributed by atoms with van der Waals surface area (Å²) in [4.78, 5) is 2.23. The third kappa shape index (κ3) is 1.85. The second-order valence-corrected chi connectivity index (χ2v) is 6.50. The zero-order chi connectivity index (χ0) is 12.8. The van der Waals surface area contributed by atoms with Crippen LogP contribution in [0, 0.1) is 0 Å². The number of nitrogens with one attached hydrogen (secondary N) is 1. The van der Waals surface area contributed by atoms with Crippen molar-refractivity contribution in [3.8, 4) is 0 Å². The number of likely N-dealkylation sites (tertiary alicyclic amines) is 1. The number of piperidine rings is 1. The normalized spacial score (nSPS) is 23.7. The van der Waals surface area contributed by atoms with Gasteiger partial charge in [0.2, 0.25) is 0 Å². The van der Waals surface area contributed by atoms with Crippen molar-refractivity contribution in [3.05, 3.63) is 24.3 Å². The van der Waals surface area contributed by atoms with E-state index in [2.05, 4.69) is 16.7 Å². The zero-order valence-corrected chi connectivity index (χ0v) is 11.2. The van der Waals surface area contributed by atoms with Crippen LogP contribution >= 0.6 is 0 Å². The van der Waals surface area contributed by atoms with Crippen LogP contribution in [-0.4, -0.2) is 39.5 Å². The van der Waals surface area contributed by atoms with Gasteiger partial charge in [0.15, 0.2) is 0 Å². The average molecular weight is 267 g/mol. The number of nitrogens with zero attached hydrogens (tertiary/aromatic N) is 2. The molecule has 0 atom stereocenters. The summed E-state index contributed by atoms with van der Waals surface area (Å²) in [6.07, 6.45) is 1.76. The van der Waals surface area contributed by atoms with E-state index >= 15 is 0 Å². The van der Waals surface area contributed by atoms with Crippen molar-refractivity contribution in [1.82, 2.24) is 4.90 Å². The molecule has 98 valence electrons. The summed E-state index contributed by atoms with van der Waals surface area (Å²) in [5.41, 5.74) is 1.48. The van der Waals surface area contributed by atoms with Gasteiger partial charge in [-0.1, -0.05) is 12.1 Å². The van der Waals surface area contributed by atoms with Gasteiger partial charge < -0.3 is 4.90 Å². The highest BCUT2D eigenvalue weighted by molar-refractivity contribution is 7.94. The first-order chi connectivity index (χ1) is 8.58. The molecule has 1 aromatic carbocycles. The Morgan fingerprint density at radius 3 is 2.61 bits per heavy atom. The first kappa shape index (κ1) is 11.8. The average Bonchev–Trinajstić information content (AvgIpc) is 2.60. The lowest BCUT2D eigenvalue weighted by atomic mass is 10.0. The molecule has 18 heavy (non-hydrogen) atoms. The minimum absolute atomic E-state index is 0.0716. The van der Waals surface area contributed by atoms with Crippen LogP contribution in [0.3, 0.4) is 0 Å². The van der Waals surface area contributed by atoms with E-state index in [1.54, 1.807) is 4.31 Å². The Labute approximate surface area is 108 Å². The summed E-state index contributed by atoms with van der Waals surface area (Å²) in [6.45, 7) is 1.89. The van der Waals surface area contributed by atoms with Gasteiger partial charge in [0, 0.05) is 6.04 Å². The molecule has 0 amide bonds. The maximum absolute atomic E-state index is 12.2. The lowest BCUT2D eigenvalue weighted by Crippen LogP contribution is -2.46. The minimum atomic E-state index is -3.40. The van der Waals surface area contributed by atoms with Crippen molar-refractivity contribution in [3.63, 3.8) is 0 Å². The fourth-order valence-electron chi connectivity index (χ4n) is 2.69. The molecule has 2 heterocycles. The number of fused-ring (bicyclic) bond motifs is 1. The lowest BCUT2D eigenvalue weighted by molar-refractivity contribution is 0.257. The maximum atomic E-state index is 12.2. The molecule has 1 saturated heterocycles. The maximum Gasteiger partial charge on any atom is 0.324 e. The third-order valence-corrected chi connectivity index (χ3v) is 5.15. The molecular formula is C12H17N3O2S. The molecule has 0 saturated carbocycles. The van der Waals surface area contributed by atoms with Crippen LogP contribution in [0.4, 0.5) is 11.4 Å². The molecule has 1 N–H and O–H groups in total. The first-order valence-electron chi connectivity index (χ1n) is 6.18. The summed E-state index contributed by atoms with van der Waals surface area (Å²) in [5.74, 6) is 0. The third-order valence-electron chi connectivity index (χ3n) is 3.66. The molecule has 0 bridgehead atoms. The van der Waals surface area contributed by atoms with Gasteiger partial charge in [-0.05, 0) is 45.1 Å². The predicted octanol–water partition coefficient (Wildman–Crippen LogP) is 1.26. The number of para-hydroxylation sites is 2. The molecule has 3 rings (SSSR count). The standard InChI is InChI=1S/C12H17N3O2S/c1-14-8-6-10(7-9-14)15-12-5-3-2-4-11(12)13-18(15,16)17/h2-5,10,13H,6-9H2,1H3. The van der Waals surface area contributed by atoms with Crippen molar-refractivity contribution in [2.24, 2.45) is 0 Å². The van der Waals surface area contributed by atoms with E-state index < -0.39 is 10.2 Å². The number of anilines is 2. The summed E-state index contributed by atoms with van der Waals surface area (Å²) in [6, 6.07) is 7.47. The zero-order valence-electron chi connectivity index (χ0n) is 10.3. The molecular weight excluding hydrogens is 250 g/mol. The topological polar surface area (TPSA) is 52.6 Å². The molecule has 5 nitrogen and oxygen atoms in total. The second kappa shape index (κ2) is 4.13. The molecule has 0 spiro atoms. The number of benzene rings is 1. The summed E-state index contributed by atoms with van der Waals surface area (Å²) in [5, 5.41) is 0. The highest BCUT2D eigenvalue weighted by Gasteiger charge is 2.38. The van der Waals surface area contributed by atoms with Crippen molar-refractivity contribution < 1.29 is 8.42 Å². The Kier molecular flexibility index (Phi) is 2.71. The second-order valence-electron chi connectivity index (χ2n) is 4.95. The molecule has 2 aliphatic heterocycles. The molecule has 0 aromatic heterocycles. The van der Waals surface area contributed by atoms with E-state index in [4.69, 9.17) is 0 Å². The molecule has 0 radical (unpaired) electrons. The van der Waals surface area contributed by atoms with Crippen LogP contribution in [-0.2, 0) is 10.2 Å². The van der Waals surface area contributed by atoms with Crippen molar-refractivity contribution in [2.75, 3.05) is 29.2 Å². The van der Waals surface area contributed by atoms with Gasteiger partial charge in [0.1, 0.15) is 0 Å². The monoisotopic (exact) mass is 267 g/mol. The quantitative estimate of drug-likeness (QED) is 0.833. The van der Waals surface area contributed by atoms with Crippen LogP contribution < -0.4 is 9.03 Å². The van der Waals surface area contributed by atoms with Gasteiger partial charge in [-0.25, -0.2) is 4.31 Å². The molecule has 1 fully saturated rings. The number of hydrogen-bond donors (Lipinski definition) is 1. The van der Waals surface area contributed by atoms with E-state index in [1.807, 2.05) is 24.3 Å². The van der Waals surface area contributed by atoms with E-state index in [-0.39, 0.29) is 6.04 Å². The summed E-state index contributed by atoms with van der Waals surface area (Å²) in [7, 11) is -1.33. The Bertz CT molecular complexity index is 550. The number of hydrogen-bond acceptors (Lipinski definition) is 3. The van der Waals surface area contributed by atoms with Gasteiger partial charge in [0.25, 0.3) is 0 Å². The lowest BCUT2D eigenvalue weighted by Gasteiger charge is -2.34. The van der Waals surface area contributed by atoms with E-state index in [0.717, 1.165) is 31.6 Å². The van der Waals surface area contributed by atoms with Gasteiger partial charge in [-0.2, -0.15) is 8.42 Å². The molecule has 0 unspecified atom stereocenters. The van der Waals surface area contributed by atoms with E-state index in [0.29, 0.717) is 5.69 Å². The van der Waals surface area contributed by atoms with Crippen LogP contribution in [0.25, 0.3) is 0 Å². The van der Waals surface area contributed by atoms with Crippen LogP contribution in [0.5, 0.6) is 0 Å². The smallest absolute Gasteiger partial charge is 0.306 e. The van der Waals surface area contributed by atoms with Crippen LogP contribution in [0.2, 0.25) is 0 Å². The van der Waals surface area contributed by atoms with Crippen LogP contribution in [0.15, 0.2) is 24.3 Å². The van der Waals surface area contributed by atoms with Crippen molar-refractivity contribution >= 4 is 21.6 Å². The van der Waals surface area contributed by atoms with Crippen molar-refractivity contribution in [1.29, 1.82) is 0 Å². The van der Waals surface area contributed by atoms with Gasteiger partial charge in [-0.3, -0.25) is 4.72 Å². The molecule has 6 heteroatoms.